The molecule has 0 heterocycles. The Balaban J connectivity index is 2.08. The Kier molecular flexibility index (Phi) is 4.71. The number of likely N-dealkylation sites (N-methyl/N-ethyl adjacent to an activating group) is 1. The van der Waals surface area contributed by atoms with Gasteiger partial charge < -0.3 is 10.6 Å². The van der Waals surface area contributed by atoms with E-state index in [0.717, 1.165) is 28.8 Å². The quantitative estimate of drug-likeness (QED) is 0.844. The first-order chi connectivity index (χ1) is 9.47. The summed E-state index contributed by atoms with van der Waals surface area (Å²) in [5.41, 5.74) is 12.0. The Bertz CT molecular complexity index is 608. The van der Waals surface area contributed by atoms with Crippen LogP contribution < -0.4 is 10.6 Å². The number of hydrogen-bond acceptors (Lipinski definition) is 2. The third-order valence-electron chi connectivity index (χ3n) is 3.62. The fourth-order valence-corrected chi connectivity index (χ4v) is 2.73. The van der Waals surface area contributed by atoms with Crippen LogP contribution in [-0.4, -0.2) is 13.6 Å². The van der Waals surface area contributed by atoms with E-state index < -0.39 is 0 Å². The van der Waals surface area contributed by atoms with Crippen LogP contribution >= 0.6 is 15.9 Å². The van der Waals surface area contributed by atoms with Crippen molar-refractivity contribution >= 4 is 27.3 Å². The second-order valence-electron chi connectivity index (χ2n) is 5.30. The minimum Gasteiger partial charge on any atom is -0.397 e. The van der Waals surface area contributed by atoms with Crippen LogP contribution in [0.15, 0.2) is 40.9 Å². The lowest BCUT2D eigenvalue weighted by Crippen LogP contribution is -2.21. The normalized spacial score (nSPS) is 10.6. The molecule has 2 aromatic carbocycles. The molecular weight excluding hydrogens is 312 g/mol. The highest BCUT2D eigenvalue weighted by atomic mass is 79.9. The van der Waals surface area contributed by atoms with Crippen molar-refractivity contribution in [1.82, 2.24) is 0 Å². The molecule has 0 unspecified atom stereocenters. The molecule has 2 rings (SSSR count). The largest absolute Gasteiger partial charge is 0.397 e. The highest BCUT2D eigenvalue weighted by Crippen LogP contribution is 2.26. The number of hydrogen-bond donors (Lipinski definition) is 1. The van der Waals surface area contributed by atoms with Gasteiger partial charge >= 0.3 is 0 Å². The van der Waals surface area contributed by atoms with Crippen molar-refractivity contribution in [2.45, 2.75) is 20.3 Å². The summed E-state index contributed by atoms with van der Waals surface area (Å²) in [6.45, 7) is 5.26. The minimum atomic E-state index is 0.808. The Labute approximate surface area is 129 Å². The summed E-state index contributed by atoms with van der Waals surface area (Å²) in [7, 11) is 2.09. The zero-order chi connectivity index (χ0) is 14.7. The SMILES string of the molecule is Cc1ccc(C)c(CCN(C)c2ccc(Br)cc2N)c1. The van der Waals surface area contributed by atoms with Gasteiger partial charge in [-0.25, -0.2) is 0 Å². The monoisotopic (exact) mass is 332 g/mol. The molecular formula is C17H21BrN2. The maximum atomic E-state index is 6.07. The van der Waals surface area contributed by atoms with Crippen LogP contribution in [0.1, 0.15) is 16.7 Å². The van der Waals surface area contributed by atoms with Crippen molar-refractivity contribution < 1.29 is 0 Å². The maximum Gasteiger partial charge on any atom is 0.0598 e. The van der Waals surface area contributed by atoms with E-state index in [1.54, 1.807) is 0 Å². The Morgan fingerprint density at radius 2 is 1.85 bits per heavy atom. The summed E-state index contributed by atoms with van der Waals surface area (Å²) in [4.78, 5) is 2.21. The number of benzene rings is 2. The second-order valence-corrected chi connectivity index (χ2v) is 6.22. The standard InChI is InChI=1S/C17H21BrN2/c1-12-4-5-13(2)14(10-12)8-9-20(3)17-7-6-15(18)11-16(17)19/h4-7,10-11H,8-9,19H2,1-3H3. The molecule has 0 radical (unpaired) electrons. The van der Waals surface area contributed by atoms with Gasteiger partial charge in [0.2, 0.25) is 0 Å². The van der Waals surface area contributed by atoms with Gasteiger partial charge in [-0.1, -0.05) is 39.7 Å². The van der Waals surface area contributed by atoms with Crippen molar-refractivity contribution in [3.63, 3.8) is 0 Å². The first-order valence-corrected chi connectivity index (χ1v) is 7.59. The number of anilines is 2. The van der Waals surface area contributed by atoms with E-state index in [-0.39, 0.29) is 0 Å². The molecule has 0 spiro atoms. The zero-order valence-electron chi connectivity index (χ0n) is 12.3. The molecule has 0 bridgehead atoms. The molecule has 0 aliphatic rings. The van der Waals surface area contributed by atoms with Gasteiger partial charge in [0.25, 0.3) is 0 Å². The van der Waals surface area contributed by atoms with Gasteiger partial charge in [-0.3, -0.25) is 0 Å². The van der Waals surface area contributed by atoms with Gasteiger partial charge in [-0.2, -0.15) is 0 Å². The molecule has 0 saturated carbocycles. The van der Waals surface area contributed by atoms with Gasteiger partial charge in [-0.15, -0.1) is 0 Å². The van der Waals surface area contributed by atoms with Crippen LogP contribution in [-0.2, 0) is 6.42 Å². The van der Waals surface area contributed by atoms with Crippen molar-refractivity contribution in [2.24, 2.45) is 0 Å². The molecule has 20 heavy (non-hydrogen) atoms. The summed E-state index contributed by atoms with van der Waals surface area (Å²) < 4.78 is 1.02. The van der Waals surface area contributed by atoms with Gasteiger partial charge in [0.1, 0.15) is 0 Å². The summed E-state index contributed by atoms with van der Waals surface area (Å²) in [5.74, 6) is 0. The first kappa shape index (κ1) is 14.9. The fourth-order valence-electron chi connectivity index (χ4n) is 2.35. The highest BCUT2D eigenvalue weighted by molar-refractivity contribution is 9.10. The Morgan fingerprint density at radius 3 is 2.55 bits per heavy atom. The van der Waals surface area contributed by atoms with Gasteiger partial charge in [0, 0.05) is 18.1 Å². The number of aryl methyl sites for hydroxylation is 2. The third-order valence-corrected chi connectivity index (χ3v) is 4.12. The van der Waals surface area contributed by atoms with Gasteiger partial charge in [0.15, 0.2) is 0 Å². The Hall–Kier alpha value is -1.48. The molecule has 2 N–H and O–H groups in total. The predicted molar refractivity (Wildman–Crippen MR) is 91.4 cm³/mol. The van der Waals surface area contributed by atoms with Crippen molar-refractivity contribution in [1.29, 1.82) is 0 Å². The van der Waals surface area contributed by atoms with Crippen molar-refractivity contribution in [2.75, 3.05) is 24.2 Å². The van der Waals surface area contributed by atoms with Crippen LogP contribution in [0.25, 0.3) is 0 Å². The van der Waals surface area contributed by atoms with E-state index in [4.69, 9.17) is 5.73 Å². The number of nitrogen functional groups attached to an aromatic ring is 1. The van der Waals surface area contributed by atoms with Crippen LogP contribution in [0.5, 0.6) is 0 Å². The smallest absolute Gasteiger partial charge is 0.0598 e. The molecule has 2 nitrogen and oxygen atoms in total. The average Bonchev–Trinajstić information content (AvgIpc) is 2.39. The molecule has 2 aromatic rings. The summed E-state index contributed by atoms with van der Waals surface area (Å²) in [6, 6.07) is 12.7. The lowest BCUT2D eigenvalue weighted by Gasteiger charge is -2.22. The number of halogens is 1. The molecule has 0 atom stereocenters. The van der Waals surface area contributed by atoms with E-state index in [9.17, 15) is 0 Å². The first-order valence-electron chi connectivity index (χ1n) is 6.79. The number of nitrogens with zero attached hydrogens (tertiary/aromatic N) is 1. The number of nitrogens with two attached hydrogens (primary N) is 1. The molecule has 3 heteroatoms. The van der Waals surface area contributed by atoms with E-state index in [2.05, 4.69) is 66.0 Å². The summed E-state index contributed by atoms with van der Waals surface area (Å²) in [6.07, 6.45) is 1.03. The second kappa shape index (κ2) is 6.31. The van der Waals surface area contributed by atoms with Crippen LogP contribution in [0, 0.1) is 13.8 Å². The average molecular weight is 333 g/mol. The van der Waals surface area contributed by atoms with Crippen molar-refractivity contribution in [3.8, 4) is 0 Å². The predicted octanol–water partition coefficient (Wildman–Crippen LogP) is 4.33. The van der Waals surface area contributed by atoms with Crippen LogP contribution in [0.2, 0.25) is 0 Å². The highest BCUT2D eigenvalue weighted by Gasteiger charge is 2.07. The lowest BCUT2D eigenvalue weighted by molar-refractivity contribution is 0.871. The van der Waals surface area contributed by atoms with Gasteiger partial charge in [-0.05, 0) is 49.6 Å². The molecule has 0 fully saturated rings. The maximum absolute atomic E-state index is 6.07. The summed E-state index contributed by atoms with van der Waals surface area (Å²) >= 11 is 3.44. The Morgan fingerprint density at radius 1 is 1.10 bits per heavy atom. The number of rotatable bonds is 4. The molecule has 0 aliphatic heterocycles. The zero-order valence-corrected chi connectivity index (χ0v) is 13.9. The van der Waals surface area contributed by atoms with Gasteiger partial charge in [0.05, 0.1) is 11.4 Å². The molecule has 0 saturated heterocycles. The lowest BCUT2D eigenvalue weighted by atomic mass is 10.0. The van der Waals surface area contributed by atoms with E-state index >= 15 is 0 Å². The van der Waals surface area contributed by atoms with E-state index in [1.807, 2.05) is 12.1 Å². The molecule has 0 aliphatic carbocycles. The van der Waals surface area contributed by atoms with E-state index in [0.29, 0.717) is 0 Å². The topological polar surface area (TPSA) is 29.3 Å². The minimum absolute atomic E-state index is 0.808. The fraction of sp³-hybridized carbons (Fsp3) is 0.294. The third kappa shape index (κ3) is 3.54. The molecule has 0 amide bonds. The van der Waals surface area contributed by atoms with Crippen molar-refractivity contribution in [3.05, 3.63) is 57.6 Å². The van der Waals surface area contributed by atoms with Crippen LogP contribution in [0.4, 0.5) is 11.4 Å². The summed E-state index contributed by atoms with van der Waals surface area (Å²) in [5, 5.41) is 0. The van der Waals surface area contributed by atoms with Crippen LogP contribution in [0.3, 0.4) is 0 Å². The molecule has 106 valence electrons. The van der Waals surface area contributed by atoms with E-state index in [1.165, 1.54) is 16.7 Å². The molecule has 0 aromatic heterocycles.